The summed E-state index contributed by atoms with van der Waals surface area (Å²) in [5.41, 5.74) is 0.992. The first kappa shape index (κ1) is 16.7. The van der Waals surface area contributed by atoms with Gasteiger partial charge in [0, 0.05) is 35.2 Å². The molecule has 1 amide bonds. The number of Topliss-reactive ketones (excluding diaryl/α,β-unsaturated/α-hetero) is 1. The maximum atomic E-state index is 13.3. The van der Waals surface area contributed by atoms with Crippen LogP contribution in [0.3, 0.4) is 0 Å². The highest BCUT2D eigenvalue weighted by Crippen LogP contribution is 2.24. The molecule has 1 heterocycles. The second kappa shape index (κ2) is 7.14. The number of likely N-dealkylation sites (tertiary alicyclic amines) is 1. The van der Waals surface area contributed by atoms with Gasteiger partial charge in [-0.2, -0.15) is 0 Å². The molecule has 0 aromatic heterocycles. The molecule has 24 heavy (non-hydrogen) atoms. The summed E-state index contributed by atoms with van der Waals surface area (Å²) in [6.45, 7) is 0.999. The standard InChI is InChI=1S/C19H17ClFNO2/c20-16-6-4-13(5-7-16)18(23)14-8-10-22(11-9-14)19(24)15-2-1-3-17(21)12-15/h1-7,12,14H,8-11H2. The van der Waals surface area contributed by atoms with Crippen molar-refractivity contribution in [1.29, 1.82) is 0 Å². The van der Waals surface area contributed by atoms with Gasteiger partial charge in [-0.25, -0.2) is 4.39 Å². The number of ketones is 1. The average molecular weight is 346 g/mol. The first-order chi connectivity index (χ1) is 11.5. The molecular formula is C19H17ClFNO2. The lowest BCUT2D eigenvalue weighted by molar-refractivity contribution is 0.0650. The molecule has 124 valence electrons. The SMILES string of the molecule is O=C(c1ccc(Cl)cc1)C1CCN(C(=O)c2cccc(F)c2)CC1. The Balaban J connectivity index is 1.62. The number of hydrogen-bond acceptors (Lipinski definition) is 2. The lowest BCUT2D eigenvalue weighted by Gasteiger charge is -2.31. The third-order valence-corrected chi connectivity index (χ3v) is 4.61. The van der Waals surface area contributed by atoms with Crippen LogP contribution in [0.15, 0.2) is 48.5 Å². The highest BCUT2D eigenvalue weighted by molar-refractivity contribution is 6.30. The van der Waals surface area contributed by atoms with Crippen LogP contribution in [-0.2, 0) is 0 Å². The fourth-order valence-electron chi connectivity index (χ4n) is 3.00. The fraction of sp³-hybridized carbons (Fsp3) is 0.263. The van der Waals surface area contributed by atoms with Crippen molar-refractivity contribution in [2.45, 2.75) is 12.8 Å². The highest BCUT2D eigenvalue weighted by Gasteiger charge is 2.28. The smallest absolute Gasteiger partial charge is 0.253 e. The van der Waals surface area contributed by atoms with Crippen LogP contribution in [0.25, 0.3) is 0 Å². The summed E-state index contributed by atoms with van der Waals surface area (Å²) in [6, 6.07) is 12.6. The molecule has 2 aromatic rings. The molecule has 3 nitrogen and oxygen atoms in total. The molecule has 2 aromatic carbocycles. The Kier molecular flexibility index (Phi) is 4.95. The van der Waals surface area contributed by atoms with Crippen molar-refractivity contribution in [1.82, 2.24) is 4.90 Å². The van der Waals surface area contributed by atoms with Crippen molar-refractivity contribution in [2.75, 3.05) is 13.1 Å². The van der Waals surface area contributed by atoms with Gasteiger partial charge >= 0.3 is 0 Å². The lowest BCUT2D eigenvalue weighted by Crippen LogP contribution is -2.40. The van der Waals surface area contributed by atoms with Crippen LogP contribution in [0.1, 0.15) is 33.6 Å². The summed E-state index contributed by atoms with van der Waals surface area (Å²) in [6.07, 6.45) is 1.23. The largest absolute Gasteiger partial charge is 0.339 e. The Bertz CT molecular complexity index is 752. The van der Waals surface area contributed by atoms with Crippen molar-refractivity contribution in [2.24, 2.45) is 5.92 Å². The zero-order valence-electron chi connectivity index (χ0n) is 13.0. The van der Waals surface area contributed by atoms with E-state index in [0.717, 1.165) is 0 Å². The molecule has 0 bridgehead atoms. The van der Waals surface area contributed by atoms with E-state index in [1.807, 2.05) is 0 Å². The van der Waals surface area contributed by atoms with Crippen molar-refractivity contribution < 1.29 is 14.0 Å². The van der Waals surface area contributed by atoms with E-state index in [2.05, 4.69) is 0 Å². The van der Waals surface area contributed by atoms with Crippen molar-refractivity contribution >= 4 is 23.3 Å². The van der Waals surface area contributed by atoms with Crippen LogP contribution in [-0.4, -0.2) is 29.7 Å². The minimum absolute atomic E-state index is 0.0875. The minimum atomic E-state index is -0.423. The number of piperidine rings is 1. The molecule has 1 fully saturated rings. The number of hydrogen-bond donors (Lipinski definition) is 0. The second-order valence-corrected chi connectivity index (χ2v) is 6.38. The van der Waals surface area contributed by atoms with E-state index in [4.69, 9.17) is 11.6 Å². The van der Waals surface area contributed by atoms with E-state index in [1.165, 1.54) is 18.2 Å². The lowest BCUT2D eigenvalue weighted by atomic mass is 9.88. The maximum Gasteiger partial charge on any atom is 0.253 e. The van der Waals surface area contributed by atoms with Gasteiger partial charge in [0.1, 0.15) is 5.82 Å². The number of rotatable bonds is 3. The number of nitrogens with zero attached hydrogens (tertiary/aromatic N) is 1. The topological polar surface area (TPSA) is 37.4 Å². The molecule has 1 aliphatic heterocycles. The number of halogens is 2. The summed E-state index contributed by atoms with van der Waals surface area (Å²) >= 11 is 5.84. The first-order valence-corrected chi connectivity index (χ1v) is 8.27. The molecule has 1 aliphatic rings. The van der Waals surface area contributed by atoms with Crippen molar-refractivity contribution in [3.8, 4) is 0 Å². The van der Waals surface area contributed by atoms with Gasteiger partial charge in [-0.3, -0.25) is 9.59 Å². The van der Waals surface area contributed by atoms with E-state index in [0.29, 0.717) is 42.1 Å². The molecule has 0 unspecified atom stereocenters. The molecular weight excluding hydrogens is 329 g/mol. The molecule has 0 aliphatic carbocycles. The maximum absolute atomic E-state index is 13.3. The first-order valence-electron chi connectivity index (χ1n) is 7.89. The third kappa shape index (κ3) is 3.65. The van der Waals surface area contributed by atoms with Gasteiger partial charge in [0.05, 0.1) is 0 Å². The zero-order valence-corrected chi connectivity index (χ0v) is 13.8. The Morgan fingerprint density at radius 1 is 1.00 bits per heavy atom. The van der Waals surface area contributed by atoms with Gasteiger partial charge in [0.25, 0.3) is 5.91 Å². The number of carbonyl (C=O) groups is 2. The van der Waals surface area contributed by atoms with Gasteiger partial charge in [-0.15, -0.1) is 0 Å². The van der Waals surface area contributed by atoms with Gasteiger partial charge in [-0.1, -0.05) is 17.7 Å². The van der Waals surface area contributed by atoms with E-state index < -0.39 is 5.82 Å². The molecule has 1 saturated heterocycles. The van der Waals surface area contributed by atoms with Crippen molar-refractivity contribution in [3.63, 3.8) is 0 Å². The average Bonchev–Trinajstić information content (AvgIpc) is 2.61. The quantitative estimate of drug-likeness (QED) is 0.781. The van der Waals surface area contributed by atoms with Crippen LogP contribution in [0, 0.1) is 11.7 Å². The van der Waals surface area contributed by atoms with Crippen LogP contribution < -0.4 is 0 Å². The van der Waals surface area contributed by atoms with Gasteiger partial charge in [0.15, 0.2) is 5.78 Å². The Labute approximate surface area is 145 Å². The van der Waals surface area contributed by atoms with E-state index in [-0.39, 0.29) is 17.6 Å². The monoisotopic (exact) mass is 345 g/mol. The van der Waals surface area contributed by atoms with E-state index in [9.17, 15) is 14.0 Å². The fourth-order valence-corrected chi connectivity index (χ4v) is 3.12. The predicted octanol–water partition coefficient (Wildman–Crippen LogP) is 4.21. The van der Waals surface area contributed by atoms with E-state index in [1.54, 1.807) is 35.2 Å². The normalized spacial score (nSPS) is 15.3. The van der Waals surface area contributed by atoms with Gasteiger partial charge in [-0.05, 0) is 55.3 Å². The molecule has 5 heteroatoms. The van der Waals surface area contributed by atoms with Crippen LogP contribution in [0.5, 0.6) is 0 Å². The Hall–Kier alpha value is -2.20. The summed E-state index contributed by atoms with van der Waals surface area (Å²) in [5, 5.41) is 0.599. The van der Waals surface area contributed by atoms with E-state index >= 15 is 0 Å². The van der Waals surface area contributed by atoms with Crippen LogP contribution >= 0.6 is 11.6 Å². The molecule has 0 atom stereocenters. The predicted molar refractivity (Wildman–Crippen MR) is 90.8 cm³/mol. The number of amides is 1. The zero-order chi connectivity index (χ0) is 17.1. The van der Waals surface area contributed by atoms with Crippen LogP contribution in [0.4, 0.5) is 4.39 Å². The summed E-state index contributed by atoms with van der Waals surface area (Å²) in [7, 11) is 0. The number of benzene rings is 2. The summed E-state index contributed by atoms with van der Waals surface area (Å²) in [4.78, 5) is 26.6. The van der Waals surface area contributed by atoms with Crippen LogP contribution in [0.2, 0.25) is 5.02 Å². The molecule has 0 N–H and O–H groups in total. The number of carbonyl (C=O) groups excluding carboxylic acids is 2. The summed E-state index contributed by atoms with van der Waals surface area (Å²) in [5.74, 6) is -0.618. The minimum Gasteiger partial charge on any atom is -0.339 e. The summed E-state index contributed by atoms with van der Waals surface area (Å²) < 4.78 is 13.3. The molecule has 3 rings (SSSR count). The van der Waals surface area contributed by atoms with Crippen molar-refractivity contribution in [3.05, 3.63) is 70.5 Å². The van der Waals surface area contributed by atoms with Gasteiger partial charge < -0.3 is 4.90 Å². The third-order valence-electron chi connectivity index (χ3n) is 4.35. The second-order valence-electron chi connectivity index (χ2n) is 5.95. The molecule has 0 spiro atoms. The molecule has 0 saturated carbocycles. The Morgan fingerprint density at radius 2 is 1.67 bits per heavy atom. The highest BCUT2D eigenvalue weighted by atomic mass is 35.5. The Morgan fingerprint density at radius 3 is 2.29 bits per heavy atom. The molecule has 0 radical (unpaired) electrons. The van der Waals surface area contributed by atoms with Gasteiger partial charge in [0.2, 0.25) is 0 Å².